The Morgan fingerprint density at radius 1 is 1.28 bits per heavy atom. The topological polar surface area (TPSA) is 49.4 Å². The SMILES string of the molecule is CCC=CNCCN(C)S(=O)(=O)c1ccccc1. The molecule has 1 aromatic rings. The fourth-order valence-electron chi connectivity index (χ4n) is 1.40. The third-order valence-electron chi connectivity index (χ3n) is 2.49. The van der Waals surface area contributed by atoms with Crippen LogP contribution in [0.2, 0.25) is 0 Å². The molecular weight excluding hydrogens is 248 g/mol. The number of sulfonamides is 1. The second kappa shape index (κ2) is 7.18. The van der Waals surface area contributed by atoms with Crippen molar-refractivity contribution in [2.24, 2.45) is 0 Å². The summed E-state index contributed by atoms with van der Waals surface area (Å²) < 4.78 is 25.6. The predicted molar refractivity (Wildman–Crippen MR) is 73.7 cm³/mol. The Bertz CT molecular complexity index is 469. The number of nitrogens with one attached hydrogen (secondary N) is 1. The summed E-state index contributed by atoms with van der Waals surface area (Å²) in [4.78, 5) is 0.330. The molecule has 0 heterocycles. The van der Waals surface area contributed by atoms with Crippen molar-refractivity contribution in [2.75, 3.05) is 20.1 Å². The molecule has 1 N–H and O–H groups in total. The second-order valence-electron chi connectivity index (χ2n) is 3.90. The van der Waals surface area contributed by atoms with Gasteiger partial charge in [0, 0.05) is 20.1 Å². The van der Waals surface area contributed by atoms with Gasteiger partial charge in [-0.25, -0.2) is 8.42 Å². The summed E-state index contributed by atoms with van der Waals surface area (Å²) in [6.07, 6.45) is 4.81. The van der Waals surface area contributed by atoms with Crippen molar-refractivity contribution in [3.05, 3.63) is 42.6 Å². The molecule has 0 saturated carbocycles. The van der Waals surface area contributed by atoms with Crippen molar-refractivity contribution in [2.45, 2.75) is 18.2 Å². The Hall–Kier alpha value is -1.33. The molecule has 0 aliphatic carbocycles. The quantitative estimate of drug-likeness (QED) is 0.767. The minimum absolute atomic E-state index is 0.330. The van der Waals surface area contributed by atoms with Gasteiger partial charge in [0.05, 0.1) is 4.90 Å². The molecule has 0 bridgehead atoms. The zero-order valence-electron chi connectivity index (χ0n) is 10.8. The van der Waals surface area contributed by atoms with Crippen LogP contribution in [0.1, 0.15) is 13.3 Å². The lowest BCUT2D eigenvalue weighted by atomic mass is 10.4. The van der Waals surface area contributed by atoms with E-state index in [-0.39, 0.29) is 0 Å². The molecule has 0 aromatic heterocycles. The first-order valence-corrected chi connectivity index (χ1v) is 7.43. The second-order valence-corrected chi connectivity index (χ2v) is 5.95. The van der Waals surface area contributed by atoms with Crippen LogP contribution in [0.25, 0.3) is 0 Å². The smallest absolute Gasteiger partial charge is 0.242 e. The van der Waals surface area contributed by atoms with Gasteiger partial charge in [-0.15, -0.1) is 0 Å². The van der Waals surface area contributed by atoms with E-state index in [1.807, 2.05) is 19.2 Å². The van der Waals surface area contributed by atoms with Gasteiger partial charge in [-0.1, -0.05) is 31.2 Å². The van der Waals surface area contributed by atoms with E-state index in [1.54, 1.807) is 37.4 Å². The van der Waals surface area contributed by atoms with Gasteiger partial charge in [0.15, 0.2) is 0 Å². The van der Waals surface area contributed by atoms with Crippen LogP contribution >= 0.6 is 0 Å². The van der Waals surface area contributed by atoms with Crippen LogP contribution < -0.4 is 5.32 Å². The minimum Gasteiger partial charge on any atom is -0.390 e. The maximum atomic E-state index is 12.1. The van der Waals surface area contributed by atoms with Gasteiger partial charge in [0.25, 0.3) is 0 Å². The number of benzene rings is 1. The van der Waals surface area contributed by atoms with Gasteiger partial charge < -0.3 is 5.32 Å². The van der Waals surface area contributed by atoms with Gasteiger partial charge in [0.1, 0.15) is 0 Å². The van der Waals surface area contributed by atoms with E-state index in [0.717, 1.165) is 6.42 Å². The number of allylic oxidation sites excluding steroid dienone is 1. The van der Waals surface area contributed by atoms with E-state index < -0.39 is 10.0 Å². The lowest BCUT2D eigenvalue weighted by Gasteiger charge is -2.17. The van der Waals surface area contributed by atoms with Crippen molar-refractivity contribution in [3.63, 3.8) is 0 Å². The first kappa shape index (κ1) is 14.7. The zero-order valence-corrected chi connectivity index (χ0v) is 11.7. The Morgan fingerprint density at radius 2 is 1.94 bits per heavy atom. The summed E-state index contributed by atoms with van der Waals surface area (Å²) in [7, 11) is -1.77. The van der Waals surface area contributed by atoms with Crippen molar-refractivity contribution in [1.82, 2.24) is 9.62 Å². The summed E-state index contributed by atoms with van der Waals surface area (Å²) >= 11 is 0. The van der Waals surface area contributed by atoms with Crippen molar-refractivity contribution in [3.8, 4) is 0 Å². The molecule has 5 heteroatoms. The van der Waals surface area contributed by atoms with Crippen LogP contribution in [-0.4, -0.2) is 32.9 Å². The maximum absolute atomic E-state index is 12.1. The molecule has 1 aromatic carbocycles. The van der Waals surface area contributed by atoms with Crippen molar-refractivity contribution < 1.29 is 8.42 Å². The van der Waals surface area contributed by atoms with E-state index in [0.29, 0.717) is 18.0 Å². The summed E-state index contributed by atoms with van der Waals surface area (Å²) in [5.41, 5.74) is 0. The van der Waals surface area contributed by atoms with Crippen molar-refractivity contribution in [1.29, 1.82) is 0 Å². The Labute approximate surface area is 109 Å². The molecule has 1 rings (SSSR count). The predicted octanol–water partition coefficient (Wildman–Crippen LogP) is 1.82. The van der Waals surface area contributed by atoms with E-state index in [2.05, 4.69) is 5.32 Å². The lowest BCUT2D eigenvalue weighted by Crippen LogP contribution is -2.32. The Balaban J connectivity index is 2.56. The zero-order chi connectivity index (χ0) is 13.4. The molecule has 0 fully saturated rings. The van der Waals surface area contributed by atoms with Crippen LogP contribution in [0.5, 0.6) is 0 Å². The summed E-state index contributed by atoms with van der Waals surface area (Å²) in [6.45, 7) is 3.08. The number of hydrogen-bond acceptors (Lipinski definition) is 3. The molecule has 0 aliphatic heterocycles. The Morgan fingerprint density at radius 3 is 2.56 bits per heavy atom. The van der Waals surface area contributed by atoms with Crippen LogP contribution in [0.4, 0.5) is 0 Å². The Kier molecular flexibility index (Phi) is 5.88. The highest BCUT2D eigenvalue weighted by atomic mass is 32.2. The molecule has 18 heavy (non-hydrogen) atoms. The summed E-state index contributed by atoms with van der Waals surface area (Å²) in [5.74, 6) is 0. The highest BCUT2D eigenvalue weighted by Gasteiger charge is 2.19. The highest BCUT2D eigenvalue weighted by Crippen LogP contribution is 2.12. The van der Waals surface area contributed by atoms with Gasteiger partial charge in [-0.05, 0) is 24.8 Å². The van der Waals surface area contributed by atoms with Gasteiger partial charge >= 0.3 is 0 Å². The van der Waals surface area contributed by atoms with Gasteiger partial charge in [-0.2, -0.15) is 4.31 Å². The molecule has 0 saturated heterocycles. The first-order valence-electron chi connectivity index (χ1n) is 5.99. The normalized spacial score (nSPS) is 12.2. The number of rotatable bonds is 7. The largest absolute Gasteiger partial charge is 0.390 e. The molecular formula is C13H20N2O2S. The molecule has 0 spiro atoms. The summed E-state index contributed by atoms with van der Waals surface area (Å²) in [5, 5.41) is 3.05. The van der Waals surface area contributed by atoms with E-state index >= 15 is 0 Å². The van der Waals surface area contributed by atoms with Crippen LogP contribution in [0.3, 0.4) is 0 Å². The van der Waals surface area contributed by atoms with Crippen molar-refractivity contribution >= 4 is 10.0 Å². The molecule has 0 atom stereocenters. The average Bonchev–Trinajstić information content (AvgIpc) is 2.39. The molecule has 0 radical (unpaired) electrons. The van der Waals surface area contributed by atoms with E-state index in [4.69, 9.17) is 0 Å². The number of nitrogens with zero attached hydrogens (tertiary/aromatic N) is 1. The maximum Gasteiger partial charge on any atom is 0.242 e. The number of likely N-dealkylation sites (N-methyl/N-ethyl adjacent to an activating group) is 1. The highest BCUT2D eigenvalue weighted by molar-refractivity contribution is 7.89. The van der Waals surface area contributed by atoms with Crippen LogP contribution in [0, 0.1) is 0 Å². The average molecular weight is 268 g/mol. The lowest BCUT2D eigenvalue weighted by molar-refractivity contribution is 0.468. The van der Waals surface area contributed by atoms with Crippen LogP contribution in [-0.2, 0) is 10.0 Å². The standard InChI is InChI=1S/C13H20N2O2S/c1-3-4-10-14-11-12-15(2)18(16,17)13-8-6-5-7-9-13/h4-10,14H,3,11-12H2,1-2H3. The van der Waals surface area contributed by atoms with Gasteiger partial charge in [-0.3, -0.25) is 0 Å². The molecule has 4 nitrogen and oxygen atoms in total. The molecule has 0 amide bonds. The fourth-order valence-corrected chi connectivity index (χ4v) is 2.59. The summed E-state index contributed by atoms with van der Waals surface area (Å²) in [6, 6.07) is 8.47. The first-order chi connectivity index (χ1) is 8.59. The molecule has 0 aliphatic rings. The van der Waals surface area contributed by atoms with Crippen LogP contribution in [0.15, 0.2) is 47.5 Å². The fraction of sp³-hybridized carbons (Fsp3) is 0.385. The minimum atomic E-state index is -3.36. The molecule has 0 unspecified atom stereocenters. The molecule has 100 valence electrons. The monoisotopic (exact) mass is 268 g/mol. The third kappa shape index (κ3) is 4.16. The number of hydrogen-bond donors (Lipinski definition) is 1. The van der Waals surface area contributed by atoms with E-state index in [1.165, 1.54) is 4.31 Å². The van der Waals surface area contributed by atoms with Gasteiger partial charge in [0.2, 0.25) is 10.0 Å². The van der Waals surface area contributed by atoms with E-state index in [9.17, 15) is 8.42 Å². The third-order valence-corrected chi connectivity index (χ3v) is 4.36.